The van der Waals surface area contributed by atoms with Gasteiger partial charge in [0.05, 0.1) is 18.2 Å². The minimum absolute atomic E-state index is 0.0534. The molecule has 0 saturated heterocycles. The Bertz CT molecular complexity index is 960. The molecule has 0 radical (unpaired) electrons. The fourth-order valence-electron chi connectivity index (χ4n) is 4.23. The van der Waals surface area contributed by atoms with Crippen molar-refractivity contribution < 1.29 is 19.2 Å². The fourth-order valence-corrected chi connectivity index (χ4v) is 4.23. The molecule has 1 heterocycles. The van der Waals surface area contributed by atoms with Crippen LogP contribution in [0.25, 0.3) is 10.9 Å². The summed E-state index contributed by atoms with van der Waals surface area (Å²) in [6.45, 7) is 9.81. The van der Waals surface area contributed by atoms with Crippen LogP contribution in [0.1, 0.15) is 66.0 Å². The van der Waals surface area contributed by atoms with Gasteiger partial charge in [0.25, 0.3) is 0 Å². The second kappa shape index (κ2) is 8.81. The van der Waals surface area contributed by atoms with Crippen LogP contribution in [0.3, 0.4) is 0 Å². The van der Waals surface area contributed by atoms with Gasteiger partial charge in [-0.3, -0.25) is 10.1 Å². The van der Waals surface area contributed by atoms with Crippen LogP contribution in [0, 0.1) is 21.4 Å². The summed E-state index contributed by atoms with van der Waals surface area (Å²) in [6.07, 6.45) is 4.61. The van der Waals surface area contributed by atoms with Gasteiger partial charge in [0.2, 0.25) is 0 Å². The lowest BCUT2D eigenvalue weighted by molar-refractivity contribution is -0.560. The normalized spacial score (nSPS) is 21.3. The third-order valence-electron chi connectivity index (χ3n) is 6.40. The monoisotopic (exact) mass is 428 g/mol. The van der Waals surface area contributed by atoms with Crippen molar-refractivity contribution in [2.45, 2.75) is 71.9 Å². The number of hydrogen-bond donors (Lipinski definition) is 0. The Morgan fingerprint density at radius 1 is 1.13 bits per heavy atom. The van der Waals surface area contributed by atoms with Crippen molar-refractivity contribution in [2.24, 2.45) is 11.3 Å². The van der Waals surface area contributed by atoms with E-state index in [-0.39, 0.29) is 18.4 Å². The number of nitro groups is 1. The third-order valence-corrected chi connectivity index (χ3v) is 6.40. The van der Waals surface area contributed by atoms with Crippen LogP contribution in [0.2, 0.25) is 0 Å². The predicted molar refractivity (Wildman–Crippen MR) is 119 cm³/mol. The average molecular weight is 429 g/mol. The van der Waals surface area contributed by atoms with E-state index in [1.807, 2.05) is 12.1 Å². The Labute approximate surface area is 183 Å². The number of carbonyl (C=O) groups excluding carboxylic acids is 1. The summed E-state index contributed by atoms with van der Waals surface area (Å²) in [5, 5.41) is 12.5. The molecule has 1 aliphatic carbocycles. The number of hydrogen-bond acceptors (Lipinski definition) is 6. The number of aromatic nitrogens is 1. The van der Waals surface area contributed by atoms with E-state index in [9.17, 15) is 14.9 Å². The largest absolute Gasteiger partial charge is 0.490 e. The van der Waals surface area contributed by atoms with Crippen LogP contribution in [0.5, 0.6) is 5.75 Å². The summed E-state index contributed by atoms with van der Waals surface area (Å²) in [7, 11) is 0. The first-order valence-corrected chi connectivity index (χ1v) is 11.0. The first-order chi connectivity index (χ1) is 14.6. The van der Waals surface area contributed by atoms with Gasteiger partial charge >= 0.3 is 11.5 Å². The molecule has 2 aromatic rings. The molecule has 0 N–H and O–H groups in total. The highest BCUT2D eigenvalue weighted by atomic mass is 16.6. The van der Waals surface area contributed by atoms with Crippen molar-refractivity contribution in [3.8, 4) is 5.75 Å². The van der Waals surface area contributed by atoms with E-state index in [0.717, 1.165) is 29.9 Å². The second-order valence-corrected chi connectivity index (χ2v) is 9.56. The molecule has 1 atom stereocenters. The molecule has 7 heteroatoms. The standard InChI is InChI=1S/C24H32N2O5/c1-6-30-22(27)24(5,26(28)29)21-14-7-16-15-19(12-13-20(16)25-21)31-18-10-8-17(9-11-18)23(2,3)4/h7,12-15,17-18H,6,8-11H2,1-5H3/t17-,18-,24?. The lowest BCUT2D eigenvalue weighted by Gasteiger charge is -2.36. The number of benzene rings is 1. The van der Waals surface area contributed by atoms with Crippen molar-refractivity contribution in [3.63, 3.8) is 0 Å². The minimum Gasteiger partial charge on any atom is -0.490 e. The minimum atomic E-state index is -2.05. The van der Waals surface area contributed by atoms with Gasteiger partial charge in [-0.1, -0.05) is 26.8 Å². The van der Waals surface area contributed by atoms with Crippen LogP contribution in [-0.2, 0) is 15.1 Å². The Balaban J connectivity index is 1.77. The molecule has 1 saturated carbocycles. The summed E-state index contributed by atoms with van der Waals surface area (Å²) in [6, 6.07) is 8.77. The lowest BCUT2D eigenvalue weighted by Crippen LogP contribution is -2.42. The number of nitrogens with zero attached hydrogens (tertiary/aromatic N) is 2. The van der Waals surface area contributed by atoms with E-state index in [2.05, 4.69) is 25.8 Å². The zero-order valence-corrected chi connectivity index (χ0v) is 19.0. The summed E-state index contributed by atoms with van der Waals surface area (Å²) in [4.78, 5) is 27.7. The van der Waals surface area contributed by atoms with E-state index in [1.165, 1.54) is 25.8 Å². The van der Waals surface area contributed by atoms with Gasteiger partial charge in [0.15, 0.2) is 0 Å². The van der Waals surface area contributed by atoms with E-state index in [1.54, 1.807) is 19.1 Å². The summed E-state index contributed by atoms with van der Waals surface area (Å²) >= 11 is 0. The van der Waals surface area contributed by atoms with Gasteiger partial charge in [-0.05, 0) is 68.2 Å². The van der Waals surface area contributed by atoms with E-state index >= 15 is 0 Å². The molecule has 1 aliphatic rings. The molecule has 0 bridgehead atoms. The van der Waals surface area contributed by atoms with Gasteiger partial charge in [-0.15, -0.1) is 0 Å². The molecule has 3 rings (SSSR count). The van der Waals surface area contributed by atoms with Crippen LogP contribution in [-0.4, -0.2) is 28.6 Å². The number of ether oxygens (including phenoxy) is 2. The Hall–Kier alpha value is -2.70. The fraction of sp³-hybridized carbons (Fsp3) is 0.583. The predicted octanol–water partition coefficient (Wildman–Crippen LogP) is 5.27. The highest BCUT2D eigenvalue weighted by molar-refractivity contribution is 5.84. The maximum atomic E-state index is 12.3. The van der Waals surface area contributed by atoms with Crippen molar-refractivity contribution in [1.82, 2.24) is 4.98 Å². The summed E-state index contributed by atoms with van der Waals surface area (Å²) in [5.74, 6) is 0.572. The second-order valence-electron chi connectivity index (χ2n) is 9.56. The first-order valence-electron chi connectivity index (χ1n) is 11.0. The number of carbonyl (C=O) groups is 1. The van der Waals surface area contributed by atoms with Crippen molar-refractivity contribution in [1.29, 1.82) is 0 Å². The van der Waals surface area contributed by atoms with Gasteiger partial charge in [0, 0.05) is 17.2 Å². The molecule has 1 unspecified atom stereocenters. The third kappa shape index (κ3) is 4.81. The van der Waals surface area contributed by atoms with Gasteiger partial charge < -0.3 is 9.47 Å². The van der Waals surface area contributed by atoms with Crippen LogP contribution in [0.15, 0.2) is 30.3 Å². The molecule has 7 nitrogen and oxygen atoms in total. The van der Waals surface area contributed by atoms with E-state index < -0.39 is 16.4 Å². The molecular formula is C24H32N2O5. The van der Waals surface area contributed by atoms with Gasteiger partial charge in [0.1, 0.15) is 11.4 Å². The highest BCUT2D eigenvalue weighted by Gasteiger charge is 2.51. The zero-order valence-electron chi connectivity index (χ0n) is 19.0. The number of rotatable bonds is 6. The average Bonchev–Trinajstić information content (AvgIpc) is 2.72. The molecule has 0 spiro atoms. The van der Waals surface area contributed by atoms with E-state index in [4.69, 9.17) is 9.47 Å². The first kappa shape index (κ1) is 23.0. The Kier molecular flexibility index (Phi) is 6.53. The molecule has 0 amide bonds. The molecule has 1 aromatic carbocycles. The topological polar surface area (TPSA) is 91.6 Å². The molecule has 168 valence electrons. The lowest BCUT2D eigenvalue weighted by atomic mass is 9.72. The molecule has 31 heavy (non-hydrogen) atoms. The van der Waals surface area contributed by atoms with Crippen LogP contribution in [0.4, 0.5) is 0 Å². The molecule has 1 aromatic heterocycles. The Morgan fingerprint density at radius 3 is 2.39 bits per heavy atom. The van der Waals surface area contributed by atoms with Crippen molar-refractivity contribution in [3.05, 3.63) is 46.1 Å². The van der Waals surface area contributed by atoms with E-state index in [0.29, 0.717) is 10.9 Å². The van der Waals surface area contributed by atoms with Gasteiger partial charge in [-0.2, -0.15) is 0 Å². The molecule has 1 fully saturated rings. The smallest absolute Gasteiger partial charge is 0.391 e. The SMILES string of the molecule is CCOC(=O)C(C)(c1ccc2cc(O[C@H]3CC[C@H](C(C)(C)C)CC3)ccc2n1)[N+](=O)[O-]. The van der Waals surface area contributed by atoms with Gasteiger partial charge in [-0.25, -0.2) is 9.78 Å². The summed E-state index contributed by atoms with van der Waals surface area (Å²) in [5.41, 5.74) is -1.10. The number of fused-ring (bicyclic) bond motifs is 1. The molecular weight excluding hydrogens is 396 g/mol. The highest BCUT2D eigenvalue weighted by Crippen LogP contribution is 2.39. The quantitative estimate of drug-likeness (QED) is 0.353. The number of esters is 1. The summed E-state index contributed by atoms with van der Waals surface area (Å²) < 4.78 is 11.1. The number of pyridine rings is 1. The maximum absolute atomic E-state index is 12.3. The van der Waals surface area contributed by atoms with Crippen LogP contribution < -0.4 is 4.74 Å². The zero-order chi connectivity index (χ0) is 22.8. The maximum Gasteiger partial charge on any atom is 0.391 e. The Morgan fingerprint density at radius 2 is 1.81 bits per heavy atom. The van der Waals surface area contributed by atoms with Crippen LogP contribution >= 0.6 is 0 Å². The molecule has 0 aliphatic heterocycles. The van der Waals surface area contributed by atoms with Crippen molar-refractivity contribution in [2.75, 3.05) is 6.61 Å². The van der Waals surface area contributed by atoms with Crippen molar-refractivity contribution >= 4 is 16.9 Å².